The van der Waals surface area contributed by atoms with Gasteiger partial charge in [0.15, 0.2) is 0 Å². The van der Waals surface area contributed by atoms with Crippen LogP contribution in [0, 0.1) is 0 Å². The zero-order chi connectivity index (χ0) is 13.6. The number of rotatable bonds is 4. The van der Waals surface area contributed by atoms with Crippen LogP contribution in [0.25, 0.3) is 10.3 Å². The first-order valence-corrected chi connectivity index (χ1v) is 7.30. The minimum Gasteiger partial charge on any atom is -0.477 e. The highest BCUT2D eigenvalue weighted by molar-refractivity contribution is 7.20. The molecule has 0 saturated carbocycles. The fourth-order valence-electron chi connectivity index (χ4n) is 2.17. The molecule has 2 aromatic heterocycles. The quantitative estimate of drug-likeness (QED) is 0.882. The van der Waals surface area contributed by atoms with Gasteiger partial charge in [0.2, 0.25) is 0 Å². The fourth-order valence-corrected chi connectivity index (χ4v) is 3.21. The zero-order valence-corrected chi connectivity index (χ0v) is 11.9. The Kier molecular flexibility index (Phi) is 3.24. The number of ether oxygens (including phenoxy) is 1. The van der Waals surface area contributed by atoms with Gasteiger partial charge in [0.1, 0.15) is 15.5 Å². The molecule has 0 spiro atoms. The lowest BCUT2D eigenvalue weighted by molar-refractivity contribution is -0.0590. The number of alkyl halides is 1. The van der Waals surface area contributed by atoms with E-state index in [1.54, 1.807) is 6.07 Å². The molecule has 0 aliphatic carbocycles. The number of hydrogen-bond acceptors (Lipinski definition) is 4. The van der Waals surface area contributed by atoms with Crippen LogP contribution >= 0.6 is 22.9 Å². The van der Waals surface area contributed by atoms with E-state index in [0.29, 0.717) is 11.4 Å². The number of aromatic nitrogens is 2. The Morgan fingerprint density at radius 2 is 2.53 bits per heavy atom. The zero-order valence-electron chi connectivity index (χ0n) is 10.3. The van der Waals surface area contributed by atoms with Gasteiger partial charge in [0, 0.05) is 6.61 Å². The Morgan fingerprint density at radius 3 is 3.05 bits per heavy atom. The lowest BCUT2D eigenvalue weighted by Gasteiger charge is -2.27. The van der Waals surface area contributed by atoms with Crippen molar-refractivity contribution in [3.8, 4) is 0 Å². The van der Waals surface area contributed by atoms with Gasteiger partial charge in [-0.05, 0) is 19.4 Å². The van der Waals surface area contributed by atoms with E-state index >= 15 is 0 Å². The molecule has 1 aliphatic heterocycles. The van der Waals surface area contributed by atoms with Gasteiger partial charge in [-0.25, -0.2) is 9.78 Å². The van der Waals surface area contributed by atoms with Crippen LogP contribution in [0.1, 0.15) is 34.2 Å². The van der Waals surface area contributed by atoms with Crippen molar-refractivity contribution in [3.05, 3.63) is 16.8 Å². The lowest BCUT2D eigenvalue weighted by Crippen LogP contribution is -2.31. The van der Waals surface area contributed by atoms with E-state index in [4.69, 9.17) is 21.4 Å². The third-order valence-electron chi connectivity index (χ3n) is 3.22. The first kappa shape index (κ1) is 12.9. The smallest absolute Gasteiger partial charge is 0.346 e. The Morgan fingerprint density at radius 1 is 1.79 bits per heavy atom. The molecule has 1 fully saturated rings. The molecule has 19 heavy (non-hydrogen) atoms. The van der Waals surface area contributed by atoms with Crippen molar-refractivity contribution in [2.45, 2.75) is 31.4 Å². The van der Waals surface area contributed by atoms with E-state index in [2.05, 4.69) is 4.98 Å². The Balaban J connectivity index is 2.06. The van der Waals surface area contributed by atoms with Crippen molar-refractivity contribution in [2.75, 3.05) is 6.61 Å². The molecule has 0 aromatic carbocycles. The molecule has 7 heteroatoms. The van der Waals surface area contributed by atoms with Gasteiger partial charge in [0.25, 0.3) is 0 Å². The molecule has 1 saturated heterocycles. The summed E-state index contributed by atoms with van der Waals surface area (Å²) in [5.74, 6) is -0.148. The van der Waals surface area contributed by atoms with Gasteiger partial charge in [-0.15, -0.1) is 22.9 Å². The van der Waals surface area contributed by atoms with Crippen molar-refractivity contribution < 1.29 is 14.6 Å². The largest absolute Gasteiger partial charge is 0.477 e. The standard InChI is InChI=1S/C12H13ClN2O3S/c1-6(13)10-14-11-8(4-9(19-11)12(16)17)15(10)5-7-2-3-18-7/h4,6-7H,2-3,5H2,1H3,(H,16,17). The number of halogens is 1. The third kappa shape index (κ3) is 2.24. The highest BCUT2D eigenvalue weighted by atomic mass is 35.5. The lowest BCUT2D eigenvalue weighted by atomic mass is 10.2. The number of aromatic carboxylic acids is 1. The van der Waals surface area contributed by atoms with Crippen LogP contribution in [0.15, 0.2) is 6.07 Å². The van der Waals surface area contributed by atoms with Gasteiger partial charge in [0.05, 0.1) is 23.5 Å². The van der Waals surface area contributed by atoms with E-state index in [1.165, 1.54) is 11.3 Å². The maximum atomic E-state index is 11.0. The Bertz CT molecular complexity index is 630. The number of imidazole rings is 1. The van der Waals surface area contributed by atoms with Gasteiger partial charge < -0.3 is 14.4 Å². The third-order valence-corrected chi connectivity index (χ3v) is 4.42. The number of hydrogen-bond donors (Lipinski definition) is 1. The molecule has 3 rings (SSSR count). The number of carbonyl (C=O) groups is 1. The maximum Gasteiger partial charge on any atom is 0.346 e. The molecule has 2 unspecified atom stereocenters. The summed E-state index contributed by atoms with van der Waals surface area (Å²) < 4.78 is 7.42. The van der Waals surface area contributed by atoms with Crippen LogP contribution in [0.5, 0.6) is 0 Å². The molecule has 102 valence electrons. The molecule has 5 nitrogen and oxygen atoms in total. The molecule has 3 heterocycles. The summed E-state index contributed by atoms with van der Waals surface area (Å²) in [7, 11) is 0. The highest BCUT2D eigenvalue weighted by Crippen LogP contribution is 2.31. The topological polar surface area (TPSA) is 64.3 Å². The second-order valence-corrected chi connectivity index (χ2v) is 6.27. The minimum absolute atomic E-state index is 0.180. The first-order valence-electron chi connectivity index (χ1n) is 6.05. The Hall–Kier alpha value is -1.11. The number of carboxylic acids is 1. The summed E-state index contributed by atoms with van der Waals surface area (Å²) in [5.41, 5.74) is 0.834. The normalized spacial score (nSPS) is 20.4. The summed E-state index contributed by atoms with van der Waals surface area (Å²) in [5, 5.41) is 8.82. The number of nitrogens with zero attached hydrogens (tertiary/aromatic N) is 2. The molecule has 0 radical (unpaired) electrons. The fraction of sp³-hybridized carbons (Fsp3) is 0.500. The minimum atomic E-state index is -0.921. The summed E-state index contributed by atoms with van der Waals surface area (Å²) in [6, 6.07) is 1.66. The second-order valence-electron chi connectivity index (χ2n) is 4.58. The van der Waals surface area contributed by atoms with E-state index in [9.17, 15) is 4.79 Å². The van der Waals surface area contributed by atoms with E-state index < -0.39 is 5.97 Å². The first-order chi connectivity index (χ1) is 9.06. The van der Waals surface area contributed by atoms with Crippen LogP contribution in [0.3, 0.4) is 0 Å². The molecular formula is C12H13ClN2O3S. The van der Waals surface area contributed by atoms with Gasteiger partial charge >= 0.3 is 5.97 Å². The molecule has 2 atom stereocenters. The van der Waals surface area contributed by atoms with E-state index in [1.807, 2.05) is 11.5 Å². The summed E-state index contributed by atoms with van der Waals surface area (Å²) in [6.45, 7) is 3.33. The average Bonchev–Trinajstić information content (AvgIpc) is 2.80. The molecule has 1 N–H and O–H groups in total. The highest BCUT2D eigenvalue weighted by Gasteiger charge is 2.24. The molecule has 0 bridgehead atoms. The summed E-state index contributed by atoms with van der Waals surface area (Å²) in [6.07, 6.45) is 1.20. The van der Waals surface area contributed by atoms with Crippen LogP contribution < -0.4 is 0 Å². The summed E-state index contributed by atoms with van der Waals surface area (Å²) in [4.78, 5) is 16.5. The van der Waals surface area contributed by atoms with Crippen LogP contribution in [0.2, 0.25) is 0 Å². The van der Waals surface area contributed by atoms with Gasteiger partial charge in [-0.2, -0.15) is 0 Å². The summed E-state index contributed by atoms with van der Waals surface area (Å²) >= 11 is 7.33. The predicted molar refractivity (Wildman–Crippen MR) is 73.2 cm³/mol. The van der Waals surface area contributed by atoms with Gasteiger partial charge in [-0.3, -0.25) is 0 Å². The van der Waals surface area contributed by atoms with Gasteiger partial charge in [-0.1, -0.05) is 0 Å². The van der Waals surface area contributed by atoms with Crippen LogP contribution in [-0.4, -0.2) is 33.3 Å². The van der Waals surface area contributed by atoms with Crippen LogP contribution in [-0.2, 0) is 11.3 Å². The predicted octanol–water partition coefficient (Wildman–Crippen LogP) is 2.88. The van der Waals surface area contributed by atoms with Crippen molar-refractivity contribution >= 4 is 39.3 Å². The van der Waals surface area contributed by atoms with Crippen molar-refractivity contribution in [2.24, 2.45) is 0 Å². The molecule has 0 amide bonds. The number of fused-ring (bicyclic) bond motifs is 1. The Labute approximate surface area is 118 Å². The van der Waals surface area contributed by atoms with Crippen molar-refractivity contribution in [1.29, 1.82) is 0 Å². The maximum absolute atomic E-state index is 11.0. The van der Waals surface area contributed by atoms with Crippen LogP contribution in [0.4, 0.5) is 0 Å². The number of thiophene rings is 1. The molecule has 2 aromatic rings. The second kappa shape index (κ2) is 4.77. The average molecular weight is 301 g/mol. The van der Waals surface area contributed by atoms with E-state index in [0.717, 1.165) is 29.2 Å². The SMILES string of the molecule is CC(Cl)c1nc2sc(C(=O)O)cc2n1CC1CCO1. The van der Waals surface area contributed by atoms with E-state index in [-0.39, 0.29) is 11.5 Å². The van der Waals surface area contributed by atoms with Crippen molar-refractivity contribution in [1.82, 2.24) is 9.55 Å². The van der Waals surface area contributed by atoms with Crippen molar-refractivity contribution in [3.63, 3.8) is 0 Å². The molecular weight excluding hydrogens is 288 g/mol. The number of carboxylic acid groups (broad SMARTS) is 1. The monoisotopic (exact) mass is 300 g/mol. The molecule has 1 aliphatic rings.